The number of hydrogen-bond donors (Lipinski definition) is 1. The highest BCUT2D eigenvalue weighted by Crippen LogP contribution is 2.37. The Balaban J connectivity index is 1.80. The van der Waals surface area contributed by atoms with E-state index in [2.05, 4.69) is 0 Å². The molecule has 1 aromatic carbocycles. The third-order valence-corrected chi connectivity index (χ3v) is 5.11. The van der Waals surface area contributed by atoms with Gasteiger partial charge in [-0.2, -0.15) is 0 Å². The lowest BCUT2D eigenvalue weighted by Crippen LogP contribution is -2.46. The lowest BCUT2D eigenvalue weighted by atomic mass is 9.83. The van der Waals surface area contributed by atoms with Gasteiger partial charge in [-0.25, -0.2) is 0 Å². The number of aliphatic carboxylic acids is 1. The first-order valence-electron chi connectivity index (χ1n) is 8.16. The van der Waals surface area contributed by atoms with Crippen molar-refractivity contribution in [3.05, 3.63) is 35.9 Å². The molecule has 2 aliphatic rings. The normalized spacial score (nSPS) is 31.1. The summed E-state index contributed by atoms with van der Waals surface area (Å²) in [5.41, 5.74) is 0.465. The van der Waals surface area contributed by atoms with Crippen molar-refractivity contribution >= 4 is 11.9 Å². The molecule has 23 heavy (non-hydrogen) atoms. The number of carbonyl (C=O) groups excluding carboxylic acids is 1. The van der Waals surface area contributed by atoms with Crippen LogP contribution in [0.5, 0.6) is 0 Å². The lowest BCUT2D eigenvalue weighted by Gasteiger charge is -2.35. The summed E-state index contributed by atoms with van der Waals surface area (Å²) in [6.45, 7) is 3.81. The van der Waals surface area contributed by atoms with Gasteiger partial charge in [0, 0.05) is 25.6 Å². The average Bonchev–Trinajstić information content (AvgIpc) is 3.01. The first kappa shape index (κ1) is 16.0. The molecule has 0 saturated carbocycles. The Bertz CT molecular complexity index is 580. The van der Waals surface area contributed by atoms with Gasteiger partial charge in [0.25, 0.3) is 0 Å². The molecule has 0 radical (unpaired) electrons. The summed E-state index contributed by atoms with van der Waals surface area (Å²) in [7, 11) is 0. The molecule has 124 valence electrons. The molecule has 5 heteroatoms. The Kier molecular flexibility index (Phi) is 4.39. The number of carboxylic acids is 1. The van der Waals surface area contributed by atoms with Crippen molar-refractivity contribution in [2.24, 2.45) is 11.3 Å². The monoisotopic (exact) mass is 317 g/mol. The lowest BCUT2D eigenvalue weighted by molar-refractivity contribution is -0.148. The van der Waals surface area contributed by atoms with Crippen LogP contribution < -0.4 is 0 Å². The molecule has 2 aliphatic heterocycles. The van der Waals surface area contributed by atoms with E-state index < -0.39 is 17.3 Å². The zero-order valence-electron chi connectivity index (χ0n) is 13.4. The molecule has 3 rings (SSSR count). The van der Waals surface area contributed by atoms with Gasteiger partial charge in [-0.1, -0.05) is 30.3 Å². The van der Waals surface area contributed by atoms with Crippen LogP contribution in [0.3, 0.4) is 0 Å². The Labute approximate surface area is 136 Å². The van der Waals surface area contributed by atoms with E-state index in [-0.39, 0.29) is 18.4 Å². The number of ether oxygens (including phenoxy) is 1. The highest BCUT2D eigenvalue weighted by molar-refractivity contribution is 5.84. The van der Waals surface area contributed by atoms with Gasteiger partial charge in [-0.15, -0.1) is 0 Å². The van der Waals surface area contributed by atoms with Crippen LogP contribution in [-0.2, 0) is 14.3 Å². The maximum absolute atomic E-state index is 12.9. The van der Waals surface area contributed by atoms with Crippen LogP contribution in [0.4, 0.5) is 0 Å². The molecule has 2 fully saturated rings. The van der Waals surface area contributed by atoms with Crippen molar-refractivity contribution < 1.29 is 19.4 Å². The van der Waals surface area contributed by atoms with Crippen LogP contribution >= 0.6 is 0 Å². The molecule has 0 aliphatic carbocycles. The summed E-state index contributed by atoms with van der Waals surface area (Å²) in [5.74, 6) is -1.50. The molecule has 5 nitrogen and oxygen atoms in total. The summed E-state index contributed by atoms with van der Waals surface area (Å²) in [5, 5.41) is 9.56. The molecule has 0 spiro atoms. The molecule has 1 amide bonds. The molecule has 1 N–H and O–H groups in total. The summed E-state index contributed by atoms with van der Waals surface area (Å²) in [4.78, 5) is 26.3. The van der Waals surface area contributed by atoms with Gasteiger partial charge in [-0.3, -0.25) is 9.59 Å². The van der Waals surface area contributed by atoms with Crippen molar-refractivity contribution in [2.45, 2.75) is 25.7 Å². The summed E-state index contributed by atoms with van der Waals surface area (Å²) in [6, 6.07) is 9.63. The largest absolute Gasteiger partial charge is 0.481 e. The zero-order chi connectivity index (χ0) is 16.4. The van der Waals surface area contributed by atoms with Gasteiger partial charge in [0.2, 0.25) is 5.91 Å². The Morgan fingerprint density at radius 2 is 2.00 bits per heavy atom. The Morgan fingerprint density at radius 3 is 2.61 bits per heavy atom. The molecule has 3 atom stereocenters. The third kappa shape index (κ3) is 3.11. The van der Waals surface area contributed by atoms with Crippen LogP contribution in [0.2, 0.25) is 0 Å². The minimum absolute atomic E-state index is 0.0295. The second-order valence-electron chi connectivity index (χ2n) is 6.89. The van der Waals surface area contributed by atoms with Crippen molar-refractivity contribution in [3.63, 3.8) is 0 Å². The van der Waals surface area contributed by atoms with Gasteiger partial charge >= 0.3 is 5.97 Å². The van der Waals surface area contributed by atoms with Crippen LogP contribution in [0.25, 0.3) is 0 Å². The van der Waals surface area contributed by atoms with E-state index in [4.69, 9.17) is 4.74 Å². The second-order valence-corrected chi connectivity index (χ2v) is 6.89. The fourth-order valence-corrected chi connectivity index (χ4v) is 3.74. The maximum atomic E-state index is 12.9. The van der Waals surface area contributed by atoms with E-state index in [1.54, 1.807) is 4.90 Å². The van der Waals surface area contributed by atoms with Crippen molar-refractivity contribution in [3.8, 4) is 0 Å². The van der Waals surface area contributed by atoms with E-state index >= 15 is 0 Å². The maximum Gasteiger partial charge on any atom is 0.308 e. The average molecular weight is 317 g/mol. The quantitative estimate of drug-likeness (QED) is 0.927. The van der Waals surface area contributed by atoms with Gasteiger partial charge < -0.3 is 14.7 Å². The number of hydrogen-bond acceptors (Lipinski definition) is 3. The molecule has 1 unspecified atom stereocenters. The predicted molar refractivity (Wildman–Crippen MR) is 85.0 cm³/mol. The highest BCUT2D eigenvalue weighted by atomic mass is 16.5. The Morgan fingerprint density at radius 1 is 1.26 bits per heavy atom. The van der Waals surface area contributed by atoms with E-state index in [1.165, 1.54) is 0 Å². The standard InChI is InChI=1S/C18H23NO4/c1-18(8-5-9-23-12-18)17(22)19-10-14(15(11-19)16(20)21)13-6-3-2-4-7-13/h2-4,6-7,14-15H,5,8-12H2,1H3,(H,20,21)/t14-,15-,18?/m0/s1. The minimum atomic E-state index is -0.834. The number of nitrogens with zero attached hydrogens (tertiary/aromatic N) is 1. The third-order valence-electron chi connectivity index (χ3n) is 5.11. The van der Waals surface area contributed by atoms with Crippen molar-refractivity contribution in [1.82, 2.24) is 4.90 Å². The number of carbonyl (C=O) groups is 2. The summed E-state index contributed by atoms with van der Waals surface area (Å²) < 4.78 is 5.49. The molecule has 1 aromatic rings. The molecule has 2 saturated heterocycles. The number of benzene rings is 1. The number of carboxylic acid groups (broad SMARTS) is 1. The van der Waals surface area contributed by atoms with Crippen molar-refractivity contribution in [2.75, 3.05) is 26.3 Å². The molecular weight excluding hydrogens is 294 g/mol. The fraction of sp³-hybridized carbons (Fsp3) is 0.556. The van der Waals surface area contributed by atoms with Gasteiger partial charge in [-0.05, 0) is 25.3 Å². The molecule has 0 bridgehead atoms. The summed E-state index contributed by atoms with van der Waals surface area (Å²) in [6.07, 6.45) is 1.68. The van der Waals surface area contributed by atoms with Gasteiger partial charge in [0.1, 0.15) is 0 Å². The van der Waals surface area contributed by atoms with Crippen LogP contribution in [0.1, 0.15) is 31.2 Å². The molecule has 0 aromatic heterocycles. The number of amides is 1. The van der Waals surface area contributed by atoms with Crippen LogP contribution in [0, 0.1) is 11.3 Å². The van der Waals surface area contributed by atoms with Gasteiger partial charge in [0.15, 0.2) is 0 Å². The van der Waals surface area contributed by atoms with E-state index in [1.807, 2.05) is 37.3 Å². The molecular formula is C18H23NO4. The summed E-state index contributed by atoms with van der Waals surface area (Å²) >= 11 is 0. The Hall–Kier alpha value is -1.88. The number of likely N-dealkylation sites (tertiary alicyclic amines) is 1. The SMILES string of the molecule is CC1(C(=O)N2C[C@H](C(=O)O)[C@H](c3ccccc3)C2)CCCOC1. The smallest absolute Gasteiger partial charge is 0.308 e. The predicted octanol–water partition coefficient (Wildman–Crippen LogP) is 2.13. The van der Waals surface area contributed by atoms with Gasteiger partial charge in [0.05, 0.1) is 17.9 Å². The second kappa shape index (κ2) is 6.32. The van der Waals surface area contributed by atoms with E-state index in [0.717, 1.165) is 18.4 Å². The highest BCUT2D eigenvalue weighted by Gasteiger charge is 2.45. The first-order valence-corrected chi connectivity index (χ1v) is 8.16. The fourth-order valence-electron chi connectivity index (χ4n) is 3.74. The van der Waals surface area contributed by atoms with Crippen LogP contribution in [-0.4, -0.2) is 48.2 Å². The zero-order valence-corrected chi connectivity index (χ0v) is 13.4. The van der Waals surface area contributed by atoms with Crippen LogP contribution in [0.15, 0.2) is 30.3 Å². The van der Waals surface area contributed by atoms with Crippen molar-refractivity contribution in [1.29, 1.82) is 0 Å². The first-order chi connectivity index (χ1) is 11.0. The molecule has 2 heterocycles. The topological polar surface area (TPSA) is 66.8 Å². The number of rotatable bonds is 3. The van der Waals surface area contributed by atoms with E-state index in [9.17, 15) is 14.7 Å². The minimum Gasteiger partial charge on any atom is -0.481 e. The van der Waals surface area contributed by atoms with E-state index in [0.29, 0.717) is 19.8 Å².